The molecule has 1 aromatic rings. The maximum Gasteiger partial charge on any atom is 0.135 e. The molecule has 4 heterocycles. The SMILES string of the molecule is c1nc2c(c(N3CCC4(CCCC4)C3)n1)CCN([C@H]1CCCNC1)CC2. The van der Waals surface area contributed by atoms with Gasteiger partial charge in [-0.2, -0.15) is 0 Å². The summed E-state index contributed by atoms with van der Waals surface area (Å²) in [4.78, 5) is 14.8. The third-order valence-electron chi connectivity index (χ3n) is 7.49. The van der Waals surface area contributed by atoms with Crippen LogP contribution in [-0.2, 0) is 12.8 Å². The zero-order chi connectivity index (χ0) is 17.4. The average molecular weight is 356 g/mol. The standard InChI is InChI=1S/C21H33N5/c1-2-8-21(7-1)9-13-26(15-21)20-18-5-11-25(17-4-3-10-22-14-17)12-6-19(18)23-16-24-20/h16-17,22H,1-15H2/t17-/m0/s1. The molecule has 1 aromatic heterocycles. The Hall–Kier alpha value is -1.20. The summed E-state index contributed by atoms with van der Waals surface area (Å²) in [6.07, 6.45) is 13.8. The number of nitrogens with one attached hydrogen (secondary N) is 1. The lowest BCUT2D eigenvalue weighted by Crippen LogP contribution is -2.46. The normalized spacial score (nSPS) is 29.1. The third kappa shape index (κ3) is 3.13. The van der Waals surface area contributed by atoms with Crippen LogP contribution in [0.3, 0.4) is 0 Å². The van der Waals surface area contributed by atoms with E-state index in [0.717, 1.165) is 25.9 Å². The highest BCUT2D eigenvalue weighted by Crippen LogP contribution is 2.46. The lowest BCUT2D eigenvalue weighted by atomic mass is 9.86. The van der Waals surface area contributed by atoms with Crippen LogP contribution in [0.5, 0.6) is 0 Å². The van der Waals surface area contributed by atoms with Gasteiger partial charge in [-0.25, -0.2) is 9.97 Å². The van der Waals surface area contributed by atoms with Gasteiger partial charge in [0.15, 0.2) is 0 Å². The molecule has 0 aromatic carbocycles. The molecule has 5 rings (SSSR count). The summed E-state index contributed by atoms with van der Waals surface area (Å²) in [5.41, 5.74) is 3.37. The Balaban J connectivity index is 1.33. The van der Waals surface area contributed by atoms with E-state index in [1.54, 1.807) is 0 Å². The van der Waals surface area contributed by atoms with Crippen molar-refractivity contribution in [2.75, 3.05) is 44.2 Å². The van der Waals surface area contributed by atoms with Gasteiger partial charge in [-0.3, -0.25) is 4.90 Å². The third-order valence-corrected chi connectivity index (χ3v) is 7.49. The lowest BCUT2D eigenvalue weighted by Gasteiger charge is -2.33. The van der Waals surface area contributed by atoms with Gasteiger partial charge in [0.1, 0.15) is 12.1 Å². The molecular weight excluding hydrogens is 322 g/mol. The molecule has 0 unspecified atom stereocenters. The molecule has 142 valence electrons. The second kappa shape index (κ2) is 7.08. The quantitative estimate of drug-likeness (QED) is 0.883. The van der Waals surface area contributed by atoms with E-state index < -0.39 is 0 Å². The second-order valence-electron chi connectivity index (χ2n) is 9.04. The van der Waals surface area contributed by atoms with Crippen LogP contribution >= 0.6 is 0 Å². The van der Waals surface area contributed by atoms with Crippen molar-refractivity contribution in [3.8, 4) is 0 Å². The van der Waals surface area contributed by atoms with Crippen molar-refractivity contribution < 1.29 is 0 Å². The monoisotopic (exact) mass is 355 g/mol. The fourth-order valence-corrected chi connectivity index (χ4v) is 5.96. The molecule has 2 saturated heterocycles. The van der Waals surface area contributed by atoms with Crippen molar-refractivity contribution in [2.45, 2.75) is 63.8 Å². The van der Waals surface area contributed by atoms with Crippen molar-refractivity contribution in [2.24, 2.45) is 5.41 Å². The van der Waals surface area contributed by atoms with E-state index in [0.29, 0.717) is 11.5 Å². The van der Waals surface area contributed by atoms with Gasteiger partial charge in [-0.05, 0) is 50.5 Å². The summed E-state index contributed by atoms with van der Waals surface area (Å²) >= 11 is 0. The van der Waals surface area contributed by atoms with E-state index in [2.05, 4.69) is 15.1 Å². The van der Waals surface area contributed by atoms with Gasteiger partial charge >= 0.3 is 0 Å². The zero-order valence-corrected chi connectivity index (χ0v) is 16.1. The first-order chi connectivity index (χ1) is 12.8. The van der Waals surface area contributed by atoms with Gasteiger partial charge < -0.3 is 10.2 Å². The van der Waals surface area contributed by atoms with Crippen LogP contribution in [-0.4, -0.2) is 60.2 Å². The number of hydrogen-bond donors (Lipinski definition) is 1. The number of aromatic nitrogens is 2. The van der Waals surface area contributed by atoms with Crippen molar-refractivity contribution in [3.05, 3.63) is 17.6 Å². The highest BCUT2D eigenvalue weighted by Gasteiger charge is 2.41. The van der Waals surface area contributed by atoms with Gasteiger partial charge in [-0.15, -0.1) is 0 Å². The Bertz CT molecular complexity index is 633. The molecule has 26 heavy (non-hydrogen) atoms. The molecule has 0 radical (unpaired) electrons. The smallest absolute Gasteiger partial charge is 0.135 e. The zero-order valence-electron chi connectivity index (χ0n) is 16.1. The summed E-state index contributed by atoms with van der Waals surface area (Å²) in [6, 6.07) is 0.711. The fraction of sp³-hybridized carbons (Fsp3) is 0.810. The number of anilines is 1. The molecule has 1 N–H and O–H groups in total. The average Bonchev–Trinajstić information content (AvgIpc) is 3.26. The van der Waals surface area contributed by atoms with Crippen molar-refractivity contribution >= 4 is 5.82 Å². The highest BCUT2D eigenvalue weighted by molar-refractivity contribution is 5.50. The molecule has 4 aliphatic rings. The molecule has 3 fully saturated rings. The Morgan fingerprint density at radius 2 is 1.88 bits per heavy atom. The largest absolute Gasteiger partial charge is 0.356 e. The number of hydrogen-bond acceptors (Lipinski definition) is 5. The molecule has 5 nitrogen and oxygen atoms in total. The van der Waals surface area contributed by atoms with Gasteiger partial charge in [-0.1, -0.05) is 12.8 Å². The summed E-state index contributed by atoms with van der Waals surface area (Å²) in [7, 11) is 0. The lowest BCUT2D eigenvalue weighted by molar-refractivity contribution is 0.173. The van der Waals surface area contributed by atoms with Gasteiger partial charge in [0.25, 0.3) is 0 Å². The maximum absolute atomic E-state index is 4.79. The number of piperidine rings is 1. The number of fused-ring (bicyclic) bond motifs is 1. The Labute approximate surface area is 157 Å². The second-order valence-corrected chi connectivity index (χ2v) is 9.04. The molecule has 1 atom stereocenters. The van der Waals surface area contributed by atoms with Crippen LogP contribution in [0.4, 0.5) is 5.82 Å². The number of nitrogens with zero attached hydrogens (tertiary/aromatic N) is 4. The van der Waals surface area contributed by atoms with E-state index in [1.807, 2.05) is 6.33 Å². The Morgan fingerprint density at radius 3 is 2.73 bits per heavy atom. The van der Waals surface area contributed by atoms with Crippen LogP contribution < -0.4 is 10.2 Å². The minimum Gasteiger partial charge on any atom is -0.356 e. The summed E-state index contributed by atoms with van der Waals surface area (Å²) in [5, 5.41) is 3.58. The molecule has 0 amide bonds. The minimum absolute atomic E-state index is 0.600. The van der Waals surface area contributed by atoms with Crippen LogP contribution in [0.2, 0.25) is 0 Å². The van der Waals surface area contributed by atoms with Crippen molar-refractivity contribution in [1.29, 1.82) is 0 Å². The number of rotatable bonds is 2. The molecule has 1 spiro atoms. The summed E-state index contributed by atoms with van der Waals surface area (Å²) in [5.74, 6) is 1.27. The molecule has 1 aliphatic carbocycles. The molecule has 1 saturated carbocycles. The Morgan fingerprint density at radius 1 is 1.00 bits per heavy atom. The van der Waals surface area contributed by atoms with E-state index in [-0.39, 0.29) is 0 Å². The van der Waals surface area contributed by atoms with Crippen LogP contribution in [0.1, 0.15) is 56.2 Å². The summed E-state index contributed by atoms with van der Waals surface area (Å²) < 4.78 is 0. The molecule has 3 aliphatic heterocycles. The first-order valence-corrected chi connectivity index (χ1v) is 10.9. The first-order valence-electron chi connectivity index (χ1n) is 10.9. The molecule has 5 heteroatoms. The summed E-state index contributed by atoms with van der Waals surface area (Å²) in [6.45, 7) is 7.09. The first kappa shape index (κ1) is 16.9. The minimum atomic E-state index is 0.600. The van der Waals surface area contributed by atoms with Gasteiger partial charge in [0, 0.05) is 50.7 Å². The van der Waals surface area contributed by atoms with Crippen LogP contribution in [0.15, 0.2) is 6.33 Å². The van der Waals surface area contributed by atoms with E-state index in [1.165, 1.54) is 88.2 Å². The van der Waals surface area contributed by atoms with Gasteiger partial charge in [0.05, 0.1) is 5.69 Å². The van der Waals surface area contributed by atoms with E-state index >= 15 is 0 Å². The Kier molecular flexibility index (Phi) is 4.61. The van der Waals surface area contributed by atoms with Crippen LogP contribution in [0, 0.1) is 5.41 Å². The highest BCUT2D eigenvalue weighted by atomic mass is 15.2. The molecule has 0 bridgehead atoms. The predicted octanol–water partition coefficient (Wildman–Crippen LogP) is 2.40. The van der Waals surface area contributed by atoms with Crippen molar-refractivity contribution in [3.63, 3.8) is 0 Å². The van der Waals surface area contributed by atoms with Gasteiger partial charge in [0.2, 0.25) is 0 Å². The maximum atomic E-state index is 4.79. The van der Waals surface area contributed by atoms with Crippen molar-refractivity contribution in [1.82, 2.24) is 20.2 Å². The topological polar surface area (TPSA) is 44.3 Å². The molecular formula is C21H33N5. The predicted molar refractivity (Wildman–Crippen MR) is 105 cm³/mol. The van der Waals surface area contributed by atoms with Crippen LogP contribution in [0.25, 0.3) is 0 Å². The fourth-order valence-electron chi connectivity index (χ4n) is 5.96. The van der Waals surface area contributed by atoms with E-state index in [9.17, 15) is 0 Å². The van der Waals surface area contributed by atoms with E-state index in [4.69, 9.17) is 9.97 Å².